The normalized spacial score (nSPS) is 21.4. The molecule has 2 N–H and O–H groups in total. The summed E-state index contributed by atoms with van der Waals surface area (Å²) in [4.78, 5) is 14.6. The lowest BCUT2D eigenvalue weighted by Crippen LogP contribution is -2.26. The maximum atomic E-state index is 6.37. The van der Waals surface area contributed by atoms with Crippen LogP contribution in [-0.2, 0) is 12.8 Å². The summed E-state index contributed by atoms with van der Waals surface area (Å²) in [6.07, 6.45) is 6.21. The molecule has 3 heterocycles. The molecule has 0 aromatic carbocycles. The lowest BCUT2D eigenvalue weighted by atomic mass is 9.72. The lowest BCUT2D eigenvalue weighted by molar-refractivity contribution is 0.218. The average molecular weight is 391 g/mol. The highest BCUT2D eigenvalue weighted by atomic mass is 32.2. The Morgan fingerprint density at radius 3 is 2.73 bits per heavy atom. The van der Waals surface area contributed by atoms with E-state index in [-0.39, 0.29) is 0 Å². The van der Waals surface area contributed by atoms with Crippen molar-refractivity contribution in [3.63, 3.8) is 0 Å². The number of hydrogen-bond donors (Lipinski definition) is 1. The Morgan fingerprint density at radius 2 is 2.00 bits per heavy atom. The van der Waals surface area contributed by atoms with Gasteiger partial charge in [0.2, 0.25) is 0 Å². The van der Waals surface area contributed by atoms with Crippen molar-refractivity contribution < 1.29 is 0 Å². The summed E-state index contributed by atoms with van der Waals surface area (Å²) in [5, 5.41) is 1.99. The molecule has 6 heteroatoms. The summed E-state index contributed by atoms with van der Waals surface area (Å²) in [6, 6.07) is 0. The molecule has 1 saturated heterocycles. The van der Waals surface area contributed by atoms with Crippen molar-refractivity contribution in [3.8, 4) is 0 Å². The molecule has 142 valence electrons. The van der Waals surface area contributed by atoms with Crippen LogP contribution in [-0.4, -0.2) is 40.3 Å². The van der Waals surface area contributed by atoms with Crippen LogP contribution in [0.4, 0.5) is 5.82 Å². The van der Waals surface area contributed by atoms with Gasteiger partial charge in [0.05, 0.1) is 5.39 Å². The van der Waals surface area contributed by atoms with E-state index in [1.807, 2.05) is 11.3 Å². The van der Waals surface area contributed by atoms with E-state index in [0.717, 1.165) is 46.4 Å². The molecule has 0 bridgehead atoms. The molecule has 4 nitrogen and oxygen atoms in total. The highest BCUT2D eigenvalue weighted by Gasteiger charge is 2.31. The number of aryl methyl sites for hydroxylation is 1. The van der Waals surface area contributed by atoms with Crippen LogP contribution in [0, 0.1) is 11.3 Å². The van der Waals surface area contributed by atoms with Gasteiger partial charge >= 0.3 is 0 Å². The van der Waals surface area contributed by atoms with Crippen LogP contribution in [0.25, 0.3) is 10.2 Å². The van der Waals surface area contributed by atoms with Crippen LogP contribution >= 0.6 is 23.1 Å². The standard InChI is InChI=1S/C20H30N4S2/c1-20(2,3)13-6-7-14-15(12-13)26-18-16(14)17(21)22-19(23-18)25-11-10-24-8-4-5-9-24/h13H,4-12H2,1-3H3,(H2,21,22,23). The number of nitrogen functional groups attached to an aromatic ring is 1. The Kier molecular flexibility index (Phi) is 5.19. The molecule has 0 spiro atoms. The van der Waals surface area contributed by atoms with Gasteiger partial charge in [-0.15, -0.1) is 11.3 Å². The molecule has 1 unspecified atom stereocenters. The van der Waals surface area contributed by atoms with Crippen molar-refractivity contribution in [2.24, 2.45) is 11.3 Å². The van der Waals surface area contributed by atoms with Crippen molar-refractivity contribution in [1.29, 1.82) is 0 Å². The van der Waals surface area contributed by atoms with Gasteiger partial charge in [0.1, 0.15) is 10.6 Å². The van der Waals surface area contributed by atoms with Crippen molar-refractivity contribution in [2.45, 2.75) is 58.0 Å². The predicted molar refractivity (Wildman–Crippen MR) is 113 cm³/mol. The fourth-order valence-electron chi connectivity index (χ4n) is 4.26. The van der Waals surface area contributed by atoms with E-state index in [2.05, 4.69) is 30.7 Å². The van der Waals surface area contributed by atoms with Crippen LogP contribution in [0.3, 0.4) is 0 Å². The molecule has 1 aliphatic carbocycles. The average Bonchev–Trinajstić information content (AvgIpc) is 3.20. The fraction of sp³-hybridized carbons (Fsp3) is 0.700. The second kappa shape index (κ2) is 7.28. The minimum Gasteiger partial charge on any atom is -0.383 e. The predicted octanol–water partition coefficient (Wildman–Crippen LogP) is 4.61. The molecule has 2 aliphatic rings. The molecule has 0 radical (unpaired) electrons. The molecule has 1 fully saturated rings. The molecular formula is C20H30N4S2. The van der Waals surface area contributed by atoms with Crippen LogP contribution in [0.1, 0.15) is 50.5 Å². The quantitative estimate of drug-likeness (QED) is 0.610. The second-order valence-corrected chi connectivity index (χ2v) is 10.9. The maximum Gasteiger partial charge on any atom is 0.190 e. The number of nitrogens with zero attached hydrogens (tertiary/aromatic N) is 3. The van der Waals surface area contributed by atoms with Gasteiger partial charge in [-0.25, -0.2) is 9.97 Å². The monoisotopic (exact) mass is 390 g/mol. The van der Waals surface area contributed by atoms with E-state index in [9.17, 15) is 0 Å². The molecule has 2 aromatic rings. The molecular weight excluding hydrogens is 360 g/mol. The molecule has 1 atom stereocenters. The van der Waals surface area contributed by atoms with E-state index in [1.165, 1.54) is 42.8 Å². The number of thiophene rings is 1. The Morgan fingerprint density at radius 1 is 1.23 bits per heavy atom. The largest absolute Gasteiger partial charge is 0.383 e. The number of anilines is 1. The Hall–Kier alpha value is -0.850. The van der Waals surface area contributed by atoms with E-state index in [4.69, 9.17) is 10.7 Å². The smallest absolute Gasteiger partial charge is 0.190 e. The SMILES string of the molecule is CC(C)(C)C1CCc2c(sc3nc(SCCN4CCCC4)nc(N)c23)C1. The van der Waals surface area contributed by atoms with E-state index in [0.29, 0.717) is 11.2 Å². The number of likely N-dealkylation sites (tertiary alicyclic amines) is 1. The third-order valence-electron chi connectivity index (χ3n) is 5.98. The zero-order valence-corrected chi connectivity index (χ0v) is 17.8. The number of nitrogens with two attached hydrogens (primary N) is 1. The number of thioether (sulfide) groups is 1. The van der Waals surface area contributed by atoms with E-state index < -0.39 is 0 Å². The summed E-state index contributed by atoms with van der Waals surface area (Å²) >= 11 is 3.60. The molecule has 1 aliphatic heterocycles. The van der Waals surface area contributed by atoms with Gasteiger partial charge in [-0.3, -0.25) is 0 Å². The van der Waals surface area contributed by atoms with Gasteiger partial charge in [0.25, 0.3) is 0 Å². The summed E-state index contributed by atoms with van der Waals surface area (Å²) in [5.74, 6) is 2.47. The summed E-state index contributed by atoms with van der Waals surface area (Å²) in [7, 11) is 0. The first-order chi connectivity index (χ1) is 12.4. The van der Waals surface area contributed by atoms with Crippen LogP contribution in [0.2, 0.25) is 0 Å². The van der Waals surface area contributed by atoms with Crippen molar-refractivity contribution in [2.75, 3.05) is 31.1 Å². The summed E-state index contributed by atoms with van der Waals surface area (Å²) in [6.45, 7) is 10.7. The number of aromatic nitrogens is 2. The number of fused-ring (bicyclic) bond motifs is 3. The van der Waals surface area contributed by atoms with Gasteiger partial charge in [-0.2, -0.15) is 0 Å². The summed E-state index contributed by atoms with van der Waals surface area (Å²) < 4.78 is 0. The highest BCUT2D eigenvalue weighted by molar-refractivity contribution is 7.99. The topological polar surface area (TPSA) is 55.0 Å². The molecule has 4 rings (SSSR count). The fourth-order valence-corrected chi connectivity index (χ4v) is 6.48. The van der Waals surface area contributed by atoms with Crippen molar-refractivity contribution in [1.82, 2.24) is 14.9 Å². The van der Waals surface area contributed by atoms with Gasteiger partial charge in [-0.1, -0.05) is 32.5 Å². The maximum absolute atomic E-state index is 6.37. The lowest BCUT2D eigenvalue weighted by Gasteiger charge is -2.33. The zero-order chi connectivity index (χ0) is 18.3. The molecule has 26 heavy (non-hydrogen) atoms. The van der Waals surface area contributed by atoms with Crippen molar-refractivity contribution >= 4 is 39.1 Å². The first-order valence-electron chi connectivity index (χ1n) is 9.85. The van der Waals surface area contributed by atoms with E-state index >= 15 is 0 Å². The highest BCUT2D eigenvalue weighted by Crippen LogP contribution is 2.44. The van der Waals surface area contributed by atoms with Gasteiger partial charge < -0.3 is 10.6 Å². The Balaban J connectivity index is 1.52. The van der Waals surface area contributed by atoms with Crippen LogP contribution < -0.4 is 5.73 Å². The molecule has 0 saturated carbocycles. The minimum atomic E-state index is 0.363. The first-order valence-corrected chi connectivity index (χ1v) is 11.6. The van der Waals surface area contributed by atoms with Crippen LogP contribution in [0.5, 0.6) is 0 Å². The first kappa shape index (κ1) is 18.5. The minimum absolute atomic E-state index is 0.363. The number of rotatable bonds is 4. The van der Waals surface area contributed by atoms with Crippen molar-refractivity contribution in [3.05, 3.63) is 10.4 Å². The molecule has 2 aromatic heterocycles. The number of hydrogen-bond acceptors (Lipinski definition) is 6. The third kappa shape index (κ3) is 3.73. The van der Waals surface area contributed by atoms with Crippen LogP contribution in [0.15, 0.2) is 5.16 Å². The van der Waals surface area contributed by atoms with Gasteiger partial charge in [0.15, 0.2) is 5.16 Å². The molecule has 0 amide bonds. The second-order valence-electron chi connectivity index (χ2n) is 8.78. The van der Waals surface area contributed by atoms with E-state index in [1.54, 1.807) is 11.8 Å². The zero-order valence-electron chi connectivity index (χ0n) is 16.2. The summed E-state index contributed by atoms with van der Waals surface area (Å²) in [5.41, 5.74) is 8.16. The third-order valence-corrected chi connectivity index (χ3v) is 7.95. The Bertz CT molecular complexity index is 787. The van der Waals surface area contributed by atoms with Gasteiger partial charge in [-0.05, 0) is 62.1 Å². The Labute approximate surface area is 165 Å². The van der Waals surface area contributed by atoms with Gasteiger partial charge in [0, 0.05) is 17.2 Å².